The van der Waals surface area contributed by atoms with Gasteiger partial charge in [0.2, 0.25) is 15.9 Å². The van der Waals surface area contributed by atoms with Crippen LogP contribution in [-0.4, -0.2) is 41.1 Å². The molecule has 170 valence electrons. The predicted molar refractivity (Wildman–Crippen MR) is 128 cm³/mol. The van der Waals surface area contributed by atoms with Crippen molar-refractivity contribution < 1.29 is 13.2 Å². The lowest BCUT2D eigenvalue weighted by atomic mass is 10.2. The van der Waals surface area contributed by atoms with Crippen molar-refractivity contribution in [1.82, 2.24) is 14.8 Å². The van der Waals surface area contributed by atoms with Gasteiger partial charge in [0, 0.05) is 12.2 Å². The number of thioether (sulfide) groups is 1. The van der Waals surface area contributed by atoms with Crippen LogP contribution in [0, 0.1) is 13.8 Å². The number of aromatic nitrogens is 3. The average Bonchev–Trinajstić information content (AvgIpc) is 3.14. The summed E-state index contributed by atoms with van der Waals surface area (Å²) < 4.78 is 28.0. The van der Waals surface area contributed by atoms with Gasteiger partial charge in [0.15, 0.2) is 11.0 Å². The molecule has 3 aromatic rings. The maximum Gasteiger partial charge on any atom is 0.234 e. The summed E-state index contributed by atoms with van der Waals surface area (Å²) in [5.74, 6) is 0.531. The Bertz CT molecular complexity index is 1170. The molecular formula is C22H27N5O3S2. The first-order valence-electron chi connectivity index (χ1n) is 10.1. The van der Waals surface area contributed by atoms with E-state index in [2.05, 4.69) is 15.5 Å². The standard InChI is InChI=1S/C22H27N5O3S2/c1-5-26-20(14-27(32(4,29)30)19-12-8-17(3)9-13-19)24-25-22(26)31-15-21(28)23-18-10-6-16(2)7-11-18/h6-13H,5,14-15H2,1-4H3,(H,23,28). The van der Waals surface area contributed by atoms with Crippen molar-refractivity contribution in [1.29, 1.82) is 0 Å². The molecule has 0 aliphatic carbocycles. The molecule has 0 aliphatic heterocycles. The van der Waals surface area contributed by atoms with Gasteiger partial charge < -0.3 is 9.88 Å². The van der Waals surface area contributed by atoms with Crippen molar-refractivity contribution in [2.24, 2.45) is 0 Å². The average molecular weight is 474 g/mol. The highest BCUT2D eigenvalue weighted by atomic mass is 32.2. The van der Waals surface area contributed by atoms with Gasteiger partial charge >= 0.3 is 0 Å². The quantitative estimate of drug-likeness (QED) is 0.477. The molecule has 0 fully saturated rings. The largest absolute Gasteiger partial charge is 0.325 e. The Hall–Kier alpha value is -2.85. The van der Waals surface area contributed by atoms with E-state index in [0.717, 1.165) is 16.8 Å². The maximum atomic E-state index is 12.4. The molecule has 32 heavy (non-hydrogen) atoms. The number of rotatable bonds is 9. The summed E-state index contributed by atoms with van der Waals surface area (Å²) in [6.45, 7) is 6.47. The van der Waals surface area contributed by atoms with Crippen LogP contribution < -0.4 is 9.62 Å². The van der Waals surface area contributed by atoms with Gasteiger partial charge in [-0.15, -0.1) is 10.2 Å². The molecule has 10 heteroatoms. The van der Waals surface area contributed by atoms with Gasteiger partial charge in [-0.25, -0.2) is 8.42 Å². The summed E-state index contributed by atoms with van der Waals surface area (Å²) in [5, 5.41) is 11.8. The summed E-state index contributed by atoms with van der Waals surface area (Å²) in [6, 6.07) is 14.9. The second kappa shape index (κ2) is 10.2. The molecule has 0 unspecified atom stereocenters. The van der Waals surface area contributed by atoms with E-state index in [1.165, 1.54) is 22.3 Å². The monoisotopic (exact) mass is 473 g/mol. The molecule has 2 aromatic carbocycles. The molecule has 1 N–H and O–H groups in total. The molecule has 0 radical (unpaired) electrons. The zero-order valence-electron chi connectivity index (χ0n) is 18.6. The van der Waals surface area contributed by atoms with Crippen LogP contribution in [0.5, 0.6) is 0 Å². The van der Waals surface area contributed by atoms with Crippen molar-refractivity contribution in [2.75, 3.05) is 21.6 Å². The molecule has 1 heterocycles. The molecule has 0 saturated carbocycles. The minimum atomic E-state index is -3.53. The fourth-order valence-electron chi connectivity index (χ4n) is 3.06. The summed E-state index contributed by atoms with van der Waals surface area (Å²) in [4.78, 5) is 12.3. The molecule has 1 amide bonds. The number of hydrogen-bond acceptors (Lipinski definition) is 6. The fourth-order valence-corrected chi connectivity index (χ4v) is 4.74. The molecule has 8 nitrogen and oxygen atoms in total. The molecule has 0 atom stereocenters. The summed E-state index contributed by atoms with van der Waals surface area (Å²) in [5.41, 5.74) is 3.47. The molecule has 0 spiro atoms. The van der Waals surface area contributed by atoms with Crippen LogP contribution in [0.3, 0.4) is 0 Å². The number of carbonyl (C=O) groups excluding carboxylic acids is 1. The summed E-state index contributed by atoms with van der Waals surface area (Å²) in [6.07, 6.45) is 1.17. The minimum absolute atomic E-state index is 0.0544. The first kappa shape index (κ1) is 23.8. The Labute approximate surface area is 193 Å². The van der Waals surface area contributed by atoms with Crippen molar-refractivity contribution in [3.05, 3.63) is 65.5 Å². The van der Waals surface area contributed by atoms with Gasteiger partial charge in [-0.1, -0.05) is 47.2 Å². The van der Waals surface area contributed by atoms with Gasteiger partial charge in [-0.3, -0.25) is 9.10 Å². The zero-order valence-corrected chi connectivity index (χ0v) is 20.2. The van der Waals surface area contributed by atoms with Gasteiger partial charge in [-0.05, 0) is 45.0 Å². The first-order valence-corrected chi connectivity index (χ1v) is 13.0. The number of sulfonamides is 1. The van der Waals surface area contributed by atoms with E-state index in [9.17, 15) is 13.2 Å². The van der Waals surface area contributed by atoms with Crippen molar-refractivity contribution in [3.63, 3.8) is 0 Å². The van der Waals surface area contributed by atoms with E-state index in [0.29, 0.717) is 23.2 Å². The van der Waals surface area contributed by atoms with E-state index < -0.39 is 10.0 Å². The zero-order chi connectivity index (χ0) is 23.3. The SMILES string of the molecule is CCn1c(CN(c2ccc(C)cc2)S(C)(=O)=O)nnc1SCC(=O)Nc1ccc(C)cc1. The molecular weight excluding hydrogens is 446 g/mol. The van der Waals surface area contributed by atoms with E-state index in [1.807, 2.05) is 61.7 Å². The summed E-state index contributed by atoms with van der Waals surface area (Å²) >= 11 is 1.26. The van der Waals surface area contributed by atoms with Crippen molar-refractivity contribution >= 4 is 39.1 Å². The number of aryl methyl sites for hydroxylation is 2. The first-order chi connectivity index (χ1) is 15.2. The molecule has 0 saturated heterocycles. The number of amides is 1. The highest BCUT2D eigenvalue weighted by Crippen LogP contribution is 2.23. The lowest BCUT2D eigenvalue weighted by molar-refractivity contribution is -0.113. The Kier molecular flexibility index (Phi) is 7.57. The van der Waals surface area contributed by atoms with Crippen molar-refractivity contribution in [3.8, 4) is 0 Å². The fraction of sp³-hybridized carbons (Fsp3) is 0.318. The van der Waals surface area contributed by atoms with Crippen LogP contribution in [0.1, 0.15) is 23.9 Å². The summed E-state index contributed by atoms with van der Waals surface area (Å²) in [7, 11) is -3.53. The van der Waals surface area contributed by atoms with Gasteiger partial charge in [0.1, 0.15) is 0 Å². The third kappa shape index (κ3) is 6.10. The van der Waals surface area contributed by atoms with Gasteiger partial charge in [-0.2, -0.15) is 0 Å². The number of anilines is 2. The van der Waals surface area contributed by atoms with Crippen LogP contribution in [-0.2, 0) is 27.9 Å². The smallest absolute Gasteiger partial charge is 0.234 e. The maximum absolute atomic E-state index is 12.4. The van der Waals surface area contributed by atoms with Gasteiger partial charge in [0.25, 0.3) is 0 Å². The van der Waals surface area contributed by atoms with E-state index >= 15 is 0 Å². The van der Waals surface area contributed by atoms with Crippen molar-refractivity contribution in [2.45, 2.75) is 39.0 Å². The lowest BCUT2D eigenvalue weighted by Gasteiger charge is -2.22. The van der Waals surface area contributed by atoms with Crippen LogP contribution in [0.2, 0.25) is 0 Å². The Morgan fingerprint density at radius 3 is 2.19 bits per heavy atom. The number of nitrogens with one attached hydrogen (secondary N) is 1. The third-order valence-electron chi connectivity index (χ3n) is 4.78. The Morgan fingerprint density at radius 2 is 1.62 bits per heavy atom. The minimum Gasteiger partial charge on any atom is -0.325 e. The Morgan fingerprint density at radius 1 is 1.03 bits per heavy atom. The third-order valence-corrected chi connectivity index (χ3v) is 6.89. The number of benzene rings is 2. The topological polar surface area (TPSA) is 97.2 Å². The van der Waals surface area contributed by atoms with Crippen LogP contribution >= 0.6 is 11.8 Å². The van der Waals surface area contributed by atoms with E-state index in [4.69, 9.17) is 0 Å². The van der Waals surface area contributed by atoms with E-state index in [-0.39, 0.29) is 18.2 Å². The molecule has 0 aliphatic rings. The van der Waals surface area contributed by atoms with E-state index in [1.54, 1.807) is 12.1 Å². The predicted octanol–water partition coefficient (Wildman–Crippen LogP) is 3.61. The van der Waals surface area contributed by atoms with Gasteiger partial charge in [0.05, 0.1) is 24.2 Å². The number of carbonyl (C=O) groups is 1. The highest BCUT2D eigenvalue weighted by molar-refractivity contribution is 7.99. The number of hydrogen-bond donors (Lipinski definition) is 1. The lowest BCUT2D eigenvalue weighted by Crippen LogP contribution is -2.30. The number of nitrogens with zero attached hydrogens (tertiary/aromatic N) is 4. The second-order valence-electron chi connectivity index (χ2n) is 7.45. The second-order valence-corrected chi connectivity index (χ2v) is 10.3. The molecule has 3 rings (SSSR count). The normalized spacial score (nSPS) is 11.4. The highest BCUT2D eigenvalue weighted by Gasteiger charge is 2.22. The molecule has 0 bridgehead atoms. The molecule has 1 aromatic heterocycles. The Balaban J connectivity index is 1.72. The van der Waals surface area contributed by atoms with Crippen LogP contribution in [0.25, 0.3) is 0 Å². The van der Waals surface area contributed by atoms with Crippen LogP contribution in [0.4, 0.5) is 11.4 Å². The van der Waals surface area contributed by atoms with Crippen LogP contribution in [0.15, 0.2) is 53.7 Å².